The van der Waals surface area contributed by atoms with Gasteiger partial charge in [-0.15, -0.1) is 0 Å². The summed E-state index contributed by atoms with van der Waals surface area (Å²) in [5.74, 6) is 7.76. The van der Waals surface area contributed by atoms with Crippen molar-refractivity contribution in [3.05, 3.63) is 0 Å². The largest absolute Gasteiger partial charge is 0.294 e. The first-order valence-corrected chi connectivity index (χ1v) is 7.01. The van der Waals surface area contributed by atoms with Crippen molar-refractivity contribution in [2.24, 2.45) is 34.4 Å². The molecule has 0 spiro atoms. The fourth-order valence-corrected chi connectivity index (χ4v) is 5.43. The maximum atomic E-state index is 12.2. The van der Waals surface area contributed by atoms with E-state index in [-0.39, 0.29) is 11.3 Å². The van der Waals surface area contributed by atoms with Gasteiger partial charge >= 0.3 is 0 Å². The summed E-state index contributed by atoms with van der Waals surface area (Å²) in [6.45, 7) is 4.67. The molecular formula is C14H24N2O. The highest BCUT2D eigenvalue weighted by Crippen LogP contribution is 2.67. The van der Waals surface area contributed by atoms with E-state index < -0.39 is 0 Å². The number of rotatable bonds is 2. The molecule has 0 aromatic carbocycles. The summed E-state index contributed by atoms with van der Waals surface area (Å²) in [6, 6.07) is 0. The van der Waals surface area contributed by atoms with E-state index in [0.717, 1.165) is 31.1 Å². The van der Waals surface area contributed by atoms with Crippen LogP contribution in [-0.4, -0.2) is 5.91 Å². The highest BCUT2D eigenvalue weighted by molar-refractivity contribution is 5.82. The zero-order valence-corrected chi connectivity index (χ0v) is 11.0. The summed E-state index contributed by atoms with van der Waals surface area (Å²) in [5, 5.41) is 0. The smallest absolute Gasteiger partial charge is 0.240 e. The molecule has 1 amide bonds. The number of carbonyl (C=O) groups excluding carboxylic acids is 1. The lowest BCUT2D eigenvalue weighted by atomic mass is 9.42. The molecular weight excluding hydrogens is 212 g/mol. The molecule has 3 nitrogen and oxygen atoms in total. The molecule has 2 atom stereocenters. The predicted octanol–water partition coefficient (Wildman–Crippen LogP) is 2.22. The van der Waals surface area contributed by atoms with Gasteiger partial charge in [-0.2, -0.15) is 0 Å². The highest BCUT2D eigenvalue weighted by Gasteiger charge is 2.61. The van der Waals surface area contributed by atoms with Crippen molar-refractivity contribution >= 4 is 5.91 Å². The minimum atomic E-state index is -0.122. The second-order valence-corrected chi connectivity index (χ2v) is 7.23. The predicted molar refractivity (Wildman–Crippen MR) is 66.7 cm³/mol. The van der Waals surface area contributed by atoms with E-state index in [2.05, 4.69) is 19.3 Å². The first kappa shape index (κ1) is 11.5. The van der Waals surface area contributed by atoms with Crippen LogP contribution in [0.25, 0.3) is 0 Å². The van der Waals surface area contributed by atoms with Gasteiger partial charge < -0.3 is 0 Å². The molecule has 4 fully saturated rings. The standard InChI is InChI=1S/C14H24N2O/c1-9(2)13-4-10-3-11(5-13)7-14(6-10,8-13)12(17)16-15/h9-11H,3-8,15H2,1-2H3,(H,16,17). The van der Waals surface area contributed by atoms with E-state index in [9.17, 15) is 4.79 Å². The Morgan fingerprint density at radius 2 is 1.82 bits per heavy atom. The zero-order chi connectivity index (χ0) is 12.3. The number of hydrogen-bond acceptors (Lipinski definition) is 2. The molecule has 4 bridgehead atoms. The van der Waals surface area contributed by atoms with Crippen LogP contribution < -0.4 is 11.3 Å². The molecule has 4 rings (SSSR count). The van der Waals surface area contributed by atoms with Crippen molar-refractivity contribution < 1.29 is 4.79 Å². The average molecular weight is 236 g/mol. The lowest BCUT2D eigenvalue weighted by molar-refractivity contribution is -0.163. The number of hydrazine groups is 1. The Hall–Kier alpha value is -0.570. The van der Waals surface area contributed by atoms with Crippen molar-refractivity contribution in [3.8, 4) is 0 Å². The van der Waals surface area contributed by atoms with E-state index >= 15 is 0 Å². The Kier molecular flexibility index (Phi) is 2.35. The van der Waals surface area contributed by atoms with Gasteiger partial charge in [0.15, 0.2) is 0 Å². The number of nitrogens with one attached hydrogen (secondary N) is 1. The fourth-order valence-electron chi connectivity index (χ4n) is 5.43. The van der Waals surface area contributed by atoms with Gasteiger partial charge in [-0.3, -0.25) is 10.2 Å². The second kappa shape index (κ2) is 3.47. The summed E-state index contributed by atoms with van der Waals surface area (Å²) < 4.78 is 0. The van der Waals surface area contributed by atoms with Crippen LogP contribution >= 0.6 is 0 Å². The highest BCUT2D eigenvalue weighted by atomic mass is 16.2. The Morgan fingerprint density at radius 1 is 1.24 bits per heavy atom. The van der Waals surface area contributed by atoms with Gasteiger partial charge in [-0.05, 0) is 61.7 Å². The Labute approximate surface area is 103 Å². The van der Waals surface area contributed by atoms with Gasteiger partial charge in [0.1, 0.15) is 0 Å². The number of hydrogen-bond donors (Lipinski definition) is 2. The van der Waals surface area contributed by atoms with Crippen LogP contribution in [0, 0.1) is 28.6 Å². The van der Waals surface area contributed by atoms with Gasteiger partial charge in [0.25, 0.3) is 0 Å². The van der Waals surface area contributed by atoms with Crippen molar-refractivity contribution in [2.45, 2.75) is 52.4 Å². The zero-order valence-electron chi connectivity index (χ0n) is 11.0. The summed E-state index contributed by atoms with van der Waals surface area (Å²) >= 11 is 0. The van der Waals surface area contributed by atoms with Crippen LogP contribution in [0.4, 0.5) is 0 Å². The molecule has 4 saturated carbocycles. The normalized spacial score (nSPS) is 47.5. The summed E-state index contributed by atoms with van der Waals surface area (Å²) in [5.41, 5.74) is 2.74. The quantitative estimate of drug-likeness (QED) is 0.439. The summed E-state index contributed by atoms with van der Waals surface area (Å²) in [6.07, 6.45) is 7.30. The molecule has 3 N–H and O–H groups in total. The van der Waals surface area contributed by atoms with Gasteiger partial charge in [-0.1, -0.05) is 13.8 Å². The van der Waals surface area contributed by atoms with Gasteiger partial charge in [0.05, 0.1) is 5.41 Å². The molecule has 17 heavy (non-hydrogen) atoms. The molecule has 0 aromatic heterocycles. The van der Waals surface area contributed by atoms with E-state index in [1.54, 1.807) is 0 Å². The molecule has 96 valence electrons. The maximum absolute atomic E-state index is 12.2. The average Bonchev–Trinajstić information content (AvgIpc) is 2.26. The third-order valence-corrected chi connectivity index (χ3v) is 5.94. The summed E-state index contributed by atoms with van der Waals surface area (Å²) in [7, 11) is 0. The Morgan fingerprint density at radius 3 is 2.29 bits per heavy atom. The van der Waals surface area contributed by atoms with Crippen LogP contribution in [0.15, 0.2) is 0 Å². The maximum Gasteiger partial charge on any atom is 0.240 e. The number of nitrogens with two attached hydrogens (primary N) is 1. The number of carbonyl (C=O) groups is 1. The molecule has 2 unspecified atom stereocenters. The van der Waals surface area contributed by atoms with Gasteiger partial charge in [0, 0.05) is 0 Å². The minimum absolute atomic E-state index is 0.108. The van der Waals surface area contributed by atoms with E-state index in [1.807, 2.05) is 0 Å². The van der Waals surface area contributed by atoms with Crippen molar-refractivity contribution in [2.75, 3.05) is 0 Å². The first-order valence-electron chi connectivity index (χ1n) is 7.01. The molecule has 0 aromatic rings. The van der Waals surface area contributed by atoms with Crippen molar-refractivity contribution in [1.29, 1.82) is 0 Å². The Balaban J connectivity index is 1.97. The number of amides is 1. The SMILES string of the molecule is CC(C)C12CC3CC(CC(C(=O)NN)(C3)C1)C2. The third-order valence-electron chi connectivity index (χ3n) is 5.94. The van der Waals surface area contributed by atoms with Crippen molar-refractivity contribution in [3.63, 3.8) is 0 Å². The van der Waals surface area contributed by atoms with E-state index in [1.165, 1.54) is 19.3 Å². The van der Waals surface area contributed by atoms with Crippen LogP contribution in [0.3, 0.4) is 0 Å². The van der Waals surface area contributed by atoms with E-state index in [0.29, 0.717) is 11.3 Å². The van der Waals surface area contributed by atoms with E-state index in [4.69, 9.17) is 5.84 Å². The Bertz CT molecular complexity index is 336. The lowest BCUT2D eigenvalue weighted by Crippen LogP contribution is -2.59. The second-order valence-electron chi connectivity index (χ2n) is 7.23. The molecule has 0 saturated heterocycles. The lowest BCUT2D eigenvalue weighted by Gasteiger charge is -2.62. The molecule has 4 aliphatic carbocycles. The van der Waals surface area contributed by atoms with Gasteiger partial charge in [0.2, 0.25) is 5.91 Å². The third kappa shape index (κ3) is 1.48. The fraction of sp³-hybridized carbons (Fsp3) is 0.929. The van der Waals surface area contributed by atoms with Crippen LogP contribution in [0.2, 0.25) is 0 Å². The molecule has 4 aliphatic rings. The molecule has 0 radical (unpaired) electrons. The van der Waals surface area contributed by atoms with Crippen molar-refractivity contribution in [1.82, 2.24) is 5.43 Å². The topological polar surface area (TPSA) is 55.1 Å². The van der Waals surface area contributed by atoms with Crippen LogP contribution in [0.1, 0.15) is 52.4 Å². The molecule has 0 heterocycles. The first-order chi connectivity index (χ1) is 8.00. The minimum Gasteiger partial charge on any atom is -0.294 e. The van der Waals surface area contributed by atoms with Crippen LogP contribution in [-0.2, 0) is 4.79 Å². The molecule has 0 aliphatic heterocycles. The van der Waals surface area contributed by atoms with Gasteiger partial charge in [-0.25, -0.2) is 5.84 Å². The summed E-state index contributed by atoms with van der Waals surface area (Å²) in [4.78, 5) is 12.2. The monoisotopic (exact) mass is 236 g/mol. The molecule has 3 heteroatoms. The van der Waals surface area contributed by atoms with Crippen LogP contribution in [0.5, 0.6) is 0 Å².